The molecule has 0 bridgehead atoms. The first-order valence-corrected chi connectivity index (χ1v) is 5.53. The molecule has 0 radical (unpaired) electrons. The molecule has 1 N–H and O–H groups in total. The fraction of sp³-hybridized carbons (Fsp3) is 0.583. The van der Waals surface area contributed by atoms with Crippen molar-refractivity contribution in [2.45, 2.75) is 33.2 Å². The van der Waals surface area contributed by atoms with Gasteiger partial charge in [0.1, 0.15) is 0 Å². The predicted octanol–water partition coefficient (Wildman–Crippen LogP) is 2.42. The summed E-state index contributed by atoms with van der Waals surface area (Å²) in [5.74, 6) is 1.09. The summed E-state index contributed by atoms with van der Waals surface area (Å²) >= 11 is 0. The van der Waals surface area contributed by atoms with Crippen molar-refractivity contribution in [3.05, 3.63) is 17.8 Å². The van der Waals surface area contributed by atoms with Gasteiger partial charge in [-0.25, -0.2) is 4.98 Å². The molecular formula is C12H19N3. The molecule has 0 aliphatic carbocycles. The van der Waals surface area contributed by atoms with Gasteiger partial charge in [0.15, 0.2) is 5.82 Å². The van der Waals surface area contributed by atoms with Crippen molar-refractivity contribution in [1.29, 1.82) is 0 Å². The maximum atomic E-state index is 4.49. The van der Waals surface area contributed by atoms with Crippen molar-refractivity contribution in [1.82, 2.24) is 4.98 Å². The number of hydrogen-bond donors (Lipinski definition) is 1. The normalized spacial score (nSPS) is 18.3. The zero-order valence-electron chi connectivity index (χ0n) is 9.96. The topological polar surface area (TPSA) is 28.2 Å². The Morgan fingerprint density at radius 3 is 2.93 bits per heavy atom. The quantitative estimate of drug-likeness (QED) is 0.763. The molecule has 2 rings (SSSR count). The molecule has 3 nitrogen and oxygen atoms in total. The standard InChI is InChI=1S/C12H19N3/c1-5-15-11-10(9(2)6-7-13-11)14-8-12(15,3)4/h6-7,14H,5,8H2,1-4H3. The second-order valence-corrected chi connectivity index (χ2v) is 4.74. The molecule has 1 aliphatic rings. The van der Waals surface area contributed by atoms with Crippen LogP contribution in [0.4, 0.5) is 11.5 Å². The summed E-state index contributed by atoms with van der Waals surface area (Å²) in [5, 5.41) is 3.48. The Morgan fingerprint density at radius 2 is 2.27 bits per heavy atom. The Balaban J connectivity index is 2.51. The van der Waals surface area contributed by atoms with Gasteiger partial charge in [-0.1, -0.05) is 0 Å². The molecule has 0 atom stereocenters. The number of anilines is 2. The van der Waals surface area contributed by atoms with Gasteiger partial charge >= 0.3 is 0 Å². The molecule has 82 valence electrons. The van der Waals surface area contributed by atoms with Gasteiger partial charge in [0.2, 0.25) is 0 Å². The third-order valence-electron chi connectivity index (χ3n) is 3.14. The molecule has 0 aromatic carbocycles. The van der Waals surface area contributed by atoms with Crippen LogP contribution in [0.5, 0.6) is 0 Å². The van der Waals surface area contributed by atoms with E-state index >= 15 is 0 Å². The van der Waals surface area contributed by atoms with Crippen molar-refractivity contribution in [3.63, 3.8) is 0 Å². The zero-order valence-corrected chi connectivity index (χ0v) is 9.96. The van der Waals surface area contributed by atoms with E-state index in [4.69, 9.17) is 0 Å². The van der Waals surface area contributed by atoms with Crippen LogP contribution in [0.25, 0.3) is 0 Å². The highest BCUT2D eigenvalue weighted by Gasteiger charge is 2.32. The smallest absolute Gasteiger partial charge is 0.152 e. The molecule has 2 heterocycles. The Bertz CT molecular complexity index is 371. The van der Waals surface area contributed by atoms with E-state index < -0.39 is 0 Å². The molecule has 15 heavy (non-hydrogen) atoms. The van der Waals surface area contributed by atoms with Crippen molar-refractivity contribution < 1.29 is 0 Å². The van der Waals surface area contributed by atoms with Crippen LogP contribution < -0.4 is 10.2 Å². The highest BCUT2D eigenvalue weighted by Crippen LogP contribution is 2.35. The Hall–Kier alpha value is -1.25. The average molecular weight is 205 g/mol. The van der Waals surface area contributed by atoms with Gasteiger partial charge in [0, 0.05) is 19.3 Å². The van der Waals surface area contributed by atoms with Gasteiger partial charge in [-0.3, -0.25) is 0 Å². The minimum absolute atomic E-state index is 0.141. The van der Waals surface area contributed by atoms with E-state index in [-0.39, 0.29) is 5.54 Å². The van der Waals surface area contributed by atoms with E-state index in [2.05, 4.69) is 49.0 Å². The highest BCUT2D eigenvalue weighted by atomic mass is 15.3. The second-order valence-electron chi connectivity index (χ2n) is 4.74. The minimum atomic E-state index is 0.141. The van der Waals surface area contributed by atoms with Gasteiger partial charge in [-0.15, -0.1) is 0 Å². The third-order valence-corrected chi connectivity index (χ3v) is 3.14. The van der Waals surface area contributed by atoms with Crippen LogP contribution in [0.2, 0.25) is 0 Å². The van der Waals surface area contributed by atoms with Crippen LogP contribution in [-0.4, -0.2) is 23.6 Å². The molecule has 0 spiro atoms. The van der Waals surface area contributed by atoms with E-state index in [0.29, 0.717) is 0 Å². The van der Waals surface area contributed by atoms with E-state index in [1.165, 1.54) is 11.3 Å². The van der Waals surface area contributed by atoms with Crippen LogP contribution in [0.1, 0.15) is 26.3 Å². The first kappa shape index (κ1) is 10.3. The van der Waals surface area contributed by atoms with Gasteiger partial charge in [0.25, 0.3) is 0 Å². The molecule has 1 aromatic rings. The van der Waals surface area contributed by atoms with Crippen LogP contribution in [0, 0.1) is 6.92 Å². The lowest BCUT2D eigenvalue weighted by molar-refractivity contribution is 0.475. The number of likely N-dealkylation sites (N-methyl/N-ethyl adjacent to an activating group) is 1. The number of aryl methyl sites for hydroxylation is 1. The van der Waals surface area contributed by atoms with Crippen LogP contribution in [0.3, 0.4) is 0 Å². The Morgan fingerprint density at radius 1 is 1.53 bits per heavy atom. The lowest BCUT2D eigenvalue weighted by Crippen LogP contribution is -2.52. The highest BCUT2D eigenvalue weighted by molar-refractivity contribution is 5.72. The van der Waals surface area contributed by atoms with E-state index in [1.807, 2.05) is 6.20 Å². The lowest BCUT2D eigenvalue weighted by atomic mass is 9.98. The number of pyridine rings is 1. The number of hydrogen-bond acceptors (Lipinski definition) is 3. The van der Waals surface area contributed by atoms with Crippen LogP contribution in [0.15, 0.2) is 12.3 Å². The van der Waals surface area contributed by atoms with Gasteiger partial charge in [-0.2, -0.15) is 0 Å². The molecule has 1 aromatic heterocycles. The molecule has 0 amide bonds. The van der Waals surface area contributed by atoms with Gasteiger partial charge < -0.3 is 10.2 Å². The fourth-order valence-corrected chi connectivity index (χ4v) is 2.23. The second kappa shape index (κ2) is 3.40. The largest absolute Gasteiger partial charge is 0.380 e. The maximum Gasteiger partial charge on any atom is 0.152 e. The molecule has 0 fully saturated rings. The fourth-order valence-electron chi connectivity index (χ4n) is 2.23. The van der Waals surface area contributed by atoms with Crippen molar-refractivity contribution in [2.75, 3.05) is 23.3 Å². The van der Waals surface area contributed by atoms with E-state index in [0.717, 1.165) is 18.9 Å². The number of nitrogens with one attached hydrogen (secondary N) is 1. The predicted molar refractivity (Wildman–Crippen MR) is 64.6 cm³/mol. The summed E-state index contributed by atoms with van der Waals surface area (Å²) in [7, 11) is 0. The molecule has 3 heteroatoms. The first-order valence-electron chi connectivity index (χ1n) is 5.53. The number of rotatable bonds is 1. The van der Waals surface area contributed by atoms with Crippen LogP contribution >= 0.6 is 0 Å². The first-order chi connectivity index (χ1) is 7.06. The summed E-state index contributed by atoms with van der Waals surface area (Å²) in [4.78, 5) is 6.86. The summed E-state index contributed by atoms with van der Waals surface area (Å²) in [6.07, 6.45) is 1.89. The summed E-state index contributed by atoms with van der Waals surface area (Å²) in [6, 6.07) is 2.05. The third kappa shape index (κ3) is 1.56. The SMILES string of the molecule is CCN1c2nccc(C)c2NCC1(C)C. The van der Waals surface area contributed by atoms with Crippen LogP contribution in [-0.2, 0) is 0 Å². The Labute approximate surface area is 91.5 Å². The minimum Gasteiger partial charge on any atom is -0.380 e. The summed E-state index contributed by atoms with van der Waals surface area (Å²) in [6.45, 7) is 10.8. The average Bonchev–Trinajstić information content (AvgIpc) is 2.16. The number of fused-ring (bicyclic) bond motifs is 1. The molecule has 0 unspecified atom stereocenters. The van der Waals surface area contributed by atoms with E-state index in [1.54, 1.807) is 0 Å². The van der Waals surface area contributed by atoms with Crippen molar-refractivity contribution in [3.8, 4) is 0 Å². The summed E-state index contributed by atoms with van der Waals surface area (Å²) in [5.41, 5.74) is 2.61. The van der Waals surface area contributed by atoms with E-state index in [9.17, 15) is 0 Å². The molecule has 0 saturated heterocycles. The maximum absolute atomic E-state index is 4.49. The van der Waals surface area contributed by atoms with Crippen molar-refractivity contribution in [2.24, 2.45) is 0 Å². The van der Waals surface area contributed by atoms with Gasteiger partial charge in [-0.05, 0) is 39.3 Å². The summed E-state index contributed by atoms with van der Waals surface area (Å²) < 4.78 is 0. The van der Waals surface area contributed by atoms with Gasteiger partial charge in [0.05, 0.1) is 11.2 Å². The lowest BCUT2D eigenvalue weighted by Gasteiger charge is -2.44. The molecular weight excluding hydrogens is 186 g/mol. The number of aromatic nitrogens is 1. The molecule has 1 aliphatic heterocycles. The monoisotopic (exact) mass is 205 g/mol. The van der Waals surface area contributed by atoms with Crippen molar-refractivity contribution >= 4 is 11.5 Å². The zero-order chi connectivity index (χ0) is 11.1. The molecule has 0 saturated carbocycles. The Kier molecular flexibility index (Phi) is 2.33. The number of nitrogens with zero attached hydrogens (tertiary/aromatic N) is 2.